The van der Waals surface area contributed by atoms with E-state index in [4.69, 9.17) is 4.74 Å². The van der Waals surface area contributed by atoms with Crippen LogP contribution in [-0.2, 0) is 22.5 Å². The Hall–Kier alpha value is -3.93. The van der Waals surface area contributed by atoms with E-state index < -0.39 is 5.60 Å². The molecule has 6 nitrogen and oxygen atoms in total. The number of nitrogens with one attached hydrogen (secondary N) is 2. The van der Waals surface area contributed by atoms with E-state index in [9.17, 15) is 9.59 Å². The monoisotopic (exact) mass is 497 g/mol. The van der Waals surface area contributed by atoms with Crippen LogP contribution < -0.4 is 10.6 Å². The number of benzene rings is 2. The molecule has 1 heterocycles. The van der Waals surface area contributed by atoms with Gasteiger partial charge in [-0.2, -0.15) is 0 Å². The van der Waals surface area contributed by atoms with Crippen molar-refractivity contribution in [2.75, 3.05) is 11.9 Å². The summed E-state index contributed by atoms with van der Waals surface area (Å²) in [7, 11) is 0. The first kappa shape index (κ1) is 26.1. The Bertz CT molecular complexity index is 1260. The lowest BCUT2D eigenvalue weighted by Gasteiger charge is -2.23. The number of aromatic nitrogens is 1. The average molecular weight is 498 g/mol. The van der Waals surface area contributed by atoms with Crippen LogP contribution >= 0.6 is 0 Å². The lowest BCUT2D eigenvalue weighted by atomic mass is 9.88. The number of hydrogen-bond donors (Lipinski definition) is 2. The van der Waals surface area contributed by atoms with Crippen molar-refractivity contribution in [3.8, 4) is 0 Å². The number of anilines is 1. The molecule has 192 valence electrons. The Morgan fingerprint density at radius 2 is 1.81 bits per heavy atom. The molecule has 0 saturated heterocycles. The van der Waals surface area contributed by atoms with Gasteiger partial charge in [-0.15, -0.1) is 0 Å². The van der Waals surface area contributed by atoms with Gasteiger partial charge in [0, 0.05) is 24.8 Å². The number of carbonyl (C=O) groups is 2. The molecule has 1 atom stereocenters. The highest BCUT2D eigenvalue weighted by Crippen LogP contribution is 2.33. The van der Waals surface area contributed by atoms with Gasteiger partial charge in [-0.1, -0.05) is 54.1 Å². The molecule has 6 heteroatoms. The SMILES string of the molecule is CC(C)(C)OC(=O)CC1CC(CNC(=O)c2cccc(CNc3ccccn3)c2)=CCc2ccccc21. The molecule has 4 rings (SSSR count). The summed E-state index contributed by atoms with van der Waals surface area (Å²) in [6.45, 7) is 6.67. The van der Waals surface area contributed by atoms with Crippen molar-refractivity contribution < 1.29 is 14.3 Å². The van der Waals surface area contributed by atoms with Crippen molar-refractivity contribution >= 4 is 17.7 Å². The standard InChI is InChI=1S/C31H35N3O3/c1-31(2,3)37-29(35)19-26-18-23(14-15-24-10-4-5-12-27(24)26)21-34-30(36)25-11-8-9-22(17-25)20-33-28-13-6-7-16-32-28/h4-14,16-17,26H,15,18-21H2,1-3H3,(H,32,33)(H,34,36). The van der Waals surface area contributed by atoms with Crippen LogP contribution in [0.2, 0.25) is 0 Å². The number of nitrogens with zero attached hydrogens (tertiary/aromatic N) is 1. The Morgan fingerprint density at radius 1 is 1.00 bits per heavy atom. The minimum atomic E-state index is -0.518. The fourth-order valence-corrected chi connectivity index (χ4v) is 4.57. The third-order valence-corrected chi connectivity index (χ3v) is 6.25. The van der Waals surface area contributed by atoms with Crippen LogP contribution in [0.1, 0.15) is 66.6 Å². The molecule has 1 aliphatic carbocycles. The van der Waals surface area contributed by atoms with Crippen LogP contribution in [0, 0.1) is 0 Å². The van der Waals surface area contributed by atoms with Crippen LogP contribution in [0.3, 0.4) is 0 Å². The third-order valence-electron chi connectivity index (χ3n) is 6.25. The van der Waals surface area contributed by atoms with E-state index in [1.54, 1.807) is 6.20 Å². The first-order valence-corrected chi connectivity index (χ1v) is 12.8. The second-order valence-electron chi connectivity index (χ2n) is 10.4. The Balaban J connectivity index is 1.39. The van der Waals surface area contributed by atoms with Crippen molar-refractivity contribution in [3.05, 3.63) is 107 Å². The number of amides is 1. The smallest absolute Gasteiger partial charge is 0.306 e. The van der Waals surface area contributed by atoms with E-state index in [0.29, 0.717) is 31.5 Å². The van der Waals surface area contributed by atoms with Gasteiger partial charge >= 0.3 is 5.97 Å². The summed E-state index contributed by atoms with van der Waals surface area (Å²) in [5.74, 6) is 0.483. The summed E-state index contributed by atoms with van der Waals surface area (Å²) < 4.78 is 5.61. The maximum absolute atomic E-state index is 13.0. The number of esters is 1. The first-order valence-electron chi connectivity index (χ1n) is 12.8. The van der Waals surface area contributed by atoms with Crippen molar-refractivity contribution in [2.24, 2.45) is 0 Å². The number of hydrogen-bond acceptors (Lipinski definition) is 5. The third kappa shape index (κ3) is 7.78. The molecule has 0 aliphatic heterocycles. The molecule has 1 unspecified atom stereocenters. The summed E-state index contributed by atoms with van der Waals surface area (Å²) in [4.78, 5) is 29.9. The summed E-state index contributed by atoms with van der Waals surface area (Å²) in [6, 6.07) is 21.6. The predicted octanol–water partition coefficient (Wildman–Crippen LogP) is 5.81. The van der Waals surface area contributed by atoms with E-state index in [0.717, 1.165) is 23.4 Å². The molecule has 1 aromatic heterocycles. The van der Waals surface area contributed by atoms with Gasteiger partial charge in [0.25, 0.3) is 5.91 Å². The molecule has 0 spiro atoms. The number of rotatable bonds is 8. The van der Waals surface area contributed by atoms with Crippen molar-refractivity contribution in [3.63, 3.8) is 0 Å². The largest absolute Gasteiger partial charge is 0.460 e. The summed E-state index contributed by atoms with van der Waals surface area (Å²) in [5.41, 5.74) is 4.61. The number of pyridine rings is 1. The van der Waals surface area contributed by atoms with E-state index in [1.165, 1.54) is 11.1 Å². The Kier molecular flexibility index (Phi) is 8.39. The highest BCUT2D eigenvalue weighted by molar-refractivity contribution is 5.94. The van der Waals surface area contributed by atoms with E-state index >= 15 is 0 Å². The van der Waals surface area contributed by atoms with Crippen LogP contribution in [-0.4, -0.2) is 29.0 Å². The highest BCUT2D eigenvalue weighted by atomic mass is 16.6. The molecule has 37 heavy (non-hydrogen) atoms. The minimum Gasteiger partial charge on any atom is -0.460 e. The first-order chi connectivity index (χ1) is 17.8. The van der Waals surface area contributed by atoms with Crippen LogP contribution in [0.25, 0.3) is 0 Å². The van der Waals surface area contributed by atoms with Gasteiger partial charge in [-0.25, -0.2) is 4.98 Å². The van der Waals surface area contributed by atoms with Gasteiger partial charge in [0.1, 0.15) is 11.4 Å². The number of allylic oxidation sites excluding steroid dienone is 1. The van der Waals surface area contributed by atoms with E-state index in [-0.39, 0.29) is 17.8 Å². The molecule has 0 fully saturated rings. The normalized spacial score (nSPS) is 15.1. The van der Waals surface area contributed by atoms with Crippen molar-refractivity contribution in [2.45, 2.75) is 58.1 Å². The van der Waals surface area contributed by atoms with Gasteiger partial charge in [0.05, 0.1) is 6.42 Å². The topological polar surface area (TPSA) is 80.3 Å². The zero-order chi connectivity index (χ0) is 26.3. The molecular weight excluding hydrogens is 462 g/mol. The zero-order valence-corrected chi connectivity index (χ0v) is 21.8. The van der Waals surface area contributed by atoms with Crippen LogP contribution in [0.5, 0.6) is 0 Å². The molecule has 2 aromatic carbocycles. The van der Waals surface area contributed by atoms with Crippen LogP contribution in [0.4, 0.5) is 5.82 Å². The summed E-state index contributed by atoms with van der Waals surface area (Å²) in [6.07, 6.45) is 5.71. The van der Waals surface area contributed by atoms with Gasteiger partial charge in [0.2, 0.25) is 0 Å². The van der Waals surface area contributed by atoms with Crippen molar-refractivity contribution in [1.82, 2.24) is 10.3 Å². The quantitative estimate of drug-likeness (QED) is 0.303. The molecule has 2 N–H and O–H groups in total. The van der Waals surface area contributed by atoms with Gasteiger partial charge in [0.15, 0.2) is 0 Å². The highest BCUT2D eigenvalue weighted by Gasteiger charge is 2.25. The maximum atomic E-state index is 13.0. The number of fused-ring (bicyclic) bond motifs is 1. The lowest BCUT2D eigenvalue weighted by molar-refractivity contribution is -0.155. The molecule has 3 aromatic rings. The van der Waals surface area contributed by atoms with Gasteiger partial charge in [-0.05, 0) is 80.5 Å². The van der Waals surface area contributed by atoms with E-state index in [2.05, 4.69) is 33.8 Å². The second-order valence-corrected chi connectivity index (χ2v) is 10.4. The second kappa shape index (κ2) is 11.9. The number of ether oxygens (including phenoxy) is 1. The fourth-order valence-electron chi connectivity index (χ4n) is 4.57. The van der Waals surface area contributed by atoms with Gasteiger partial charge < -0.3 is 15.4 Å². The van der Waals surface area contributed by atoms with E-state index in [1.807, 2.05) is 75.4 Å². The Morgan fingerprint density at radius 3 is 2.59 bits per heavy atom. The minimum absolute atomic E-state index is 0.0118. The maximum Gasteiger partial charge on any atom is 0.306 e. The molecule has 0 radical (unpaired) electrons. The molecule has 0 bridgehead atoms. The predicted molar refractivity (Wildman–Crippen MR) is 146 cm³/mol. The molecule has 1 aliphatic rings. The number of carbonyl (C=O) groups excluding carboxylic acids is 2. The molecule has 0 saturated carbocycles. The van der Waals surface area contributed by atoms with Crippen LogP contribution in [0.15, 0.2) is 84.6 Å². The zero-order valence-electron chi connectivity index (χ0n) is 21.8. The molecule has 1 amide bonds. The van der Waals surface area contributed by atoms with Crippen molar-refractivity contribution in [1.29, 1.82) is 0 Å². The lowest BCUT2D eigenvalue weighted by Crippen LogP contribution is -2.27. The van der Waals surface area contributed by atoms with Gasteiger partial charge in [-0.3, -0.25) is 9.59 Å². The Labute approximate surface area is 219 Å². The molecular formula is C31H35N3O3. The summed E-state index contributed by atoms with van der Waals surface area (Å²) >= 11 is 0. The fraction of sp³-hybridized carbons (Fsp3) is 0.323. The average Bonchev–Trinajstić information content (AvgIpc) is 3.05. The summed E-state index contributed by atoms with van der Waals surface area (Å²) in [5, 5.41) is 6.35.